The van der Waals surface area contributed by atoms with Crippen LogP contribution in [0.2, 0.25) is 0 Å². The minimum atomic E-state index is 0.136. The van der Waals surface area contributed by atoms with Crippen LogP contribution in [-0.4, -0.2) is 27.8 Å². The van der Waals surface area contributed by atoms with Crippen LogP contribution in [0, 0.1) is 6.92 Å². The Morgan fingerprint density at radius 1 is 1.64 bits per heavy atom. The number of hydrogen-bond acceptors (Lipinski definition) is 3. The number of nitrogens with one attached hydrogen (secondary N) is 1. The van der Waals surface area contributed by atoms with Gasteiger partial charge in [0, 0.05) is 16.9 Å². The van der Waals surface area contributed by atoms with Crippen molar-refractivity contribution in [3.63, 3.8) is 0 Å². The molecule has 2 rings (SSSR count). The molecule has 0 aromatic carbocycles. The predicted molar refractivity (Wildman–Crippen MR) is 58.0 cm³/mol. The second-order valence-electron chi connectivity index (χ2n) is 4.08. The Bertz CT molecular complexity index is 353. The summed E-state index contributed by atoms with van der Waals surface area (Å²) in [5, 5.41) is 0. The molecule has 76 valence electrons. The Labute approximate surface area is 87.7 Å². The topological polar surface area (TPSA) is 45.8 Å². The molecule has 1 aliphatic rings. The van der Waals surface area contributed by atoms with Crippen LogP contribution in [0.25, 0.3) is 0 Å². The van der Waals surface area contributed by atoms with Crippen LogP contribution in [0.4, 0.5) is 0 Å². The average molecular weight is 210 g/mol. The second kappa shape index (κ2) is 3.42. The Morgan fingerprint density at radius 2 is 2.43 bits per heavy atom. The van der Waals surface area contributed by atoms with E-state index in [1.807, 2.05) is 18.7 Å². The van der Waals surface area contributed by atoms with E-state index in [0.29, 0.717) is 5.69 Å². The molecule has 0 bridgehead atoms. The lowest BCUT2D eigenvalue weighted by Crippen LogP contribution is -2.22. The maximum absolute atomic E-state index is 10.7. The largest absolute Gasteiger partial charge is 0.345 e. The Morgan fingerprint density at radius 3 is 2.93 bits per heavy atom. The number of nitrogens with zero attached hydrogens (tertiary/aromatic N) is 1. The molecule has 1 aromatic heterocycles. The lowest BCUT2D eigenvalue weighted by molar-refractivity contribution is 0.111. The summed E-state index contributed by atoms with van der Waals surface area (Å²) < 4.78 is 0. The van der Waals surface area contributed by atoms with E-state index in [2.05, 4.69) is 16.9 Å². The third-order valence-electron chi connectivity index (χ3n) is 2.82. The maximum atomic E-state index is 10.7. The summed E-state index contributed by atoms with van der Waals surface area (Å²) >= 11 is 1.95. The van der Waals surface area contributed by atoms with Crippen LogP contribution in [0.5, 0.6) is 0 Å². The first kappa shape index (κ1) is 9.77. The molecule has 1 saturated heterocycles. The van der Waals surface area contributed by atoms with E-state index in [1.165, 1.54) is 5.75 Å². The average Bonchev–Trinajstić information content (AvgIpc) is 2.73. The third kappa shape index (κ3) is 1.47. The summed E-state index contributed by atoms with van der Waals surface area (Å²) in [5.41, 5.74) is 1.57. The number of aromatic nitrogens is 2. The first-order chi connectivity index (χ1) is 6.65. The lowest BCUT2D eigenvalue weighted by Gasteiger charge is -2.18. The van der Waals surface area contributed by atoms with Crippen LogP contribution in [-0.2, 0) is 5.41 Å². The van der Waals surface area contributed by atoms with Gasteiger partial charge in [0.25, 0.3) is 0 Å². The molecule has 1 fully saturated rings. The Hall–Kier alpha value is -0.770. The summed E-state index contributed by atoms with van der Waals surface area (Å²) in [6, 6.07) is 0. The molecule has 1 aliphatic heterocycles. The van der Waals surface area contributed by atoms with Gasteiger partial charge in [-0.15, -0.1) is 0 Å². The lowest BCUT2D eigenvalue weighted by atomic mass is 9.89. The van der Waals surface area contributed by atoms with E-state index in [9.17, 15) is 4.79 Å². The summed E-state index contributed by atoms with van der Waals surface area (Å²) in [6.45, 7) is 4.10. The van der Waals surface area contributed by atoms with E-state index in [1.54, 1.807) is 0 Å². The number of rotatable bonds is 2. The summed E-state index contributed by atoms with van der Waals surface area (Å²) in [7, 11) is 0. The molecule has 0 saturated carbocycles. The molecule has 14 heavy (non-hydrogen) atoms. The van der Waals surface area contributed by atoms with Gasteiger partial charge in [-0.3, -0.25) is 4.79 Å². The van der Waals surface area contributed by atoms with E-state index >= 15 is 0 Å². The van der Waals surface area contributed by atoms with Crippen LogP contribution in [0.15, 0.2) is 0 Å². The van der Waals surface area contributed by atoms with E-state index < -0.39 is 0 Å². The fraction of sp³-hybridized carbons (Fsp3) is 0.600. The second-order valence-corrected chi connectivity index (χ2v) is 5.18. The summed E-state index contributed by atoms with van der Waals surface area (Å²) in [5.74, 6) is 3.26. The molecular formula is C10H14N2OS. The van der Waals surface area contributed by atoms with Gasteiger partial charge < -0.3 is 4.98 Å². The molecular weight excluding hydrogens is 196 g/mol. The van der Waals surface area contributed by atoms with Crippen molar-refractivity contribution in [3.05, 3.63) is 17.2 Å². The van der Waals surface area contributed by atoms with Gasteiger partial charge in [-0.1, -0.05) is 6.92 Å². The highest BCUT2D eigenvalue weighted by Gasteiger charge is 2.34. The van der Waals surface area contributed by atoms with Crippen molar-refractivity contribution in [2.24, 2.45) is 0 Å². The Kier molecular flexibility index (Phi) is 2.39. The first-order valence-corrected chi connectivity index (χ1v) is 5.91. The van der Waals surface area contributed by atoms with Gasteiger partial charge >= 0.3 is 0 Å². The normalized spacial score (nSPS) is 26.7. The number of aldehydes is 1. The van der Waals surface area contributed by atoms with Gasteiger partial charge in [0.1, 0.15) is 11.5 Å². The Balaban J connectivity index is 2.36. The van der Waals surface area contributed by atoms with Crippen LogP contribution >= 0.6 is 11.8 Å². The van der Waals surface area contributed by atoms with Crippen molar-refractivity contribution in [1.29, 1.82) is 0 Å². The summed E-state index contributed by atoms with van der Waals surface area (Å²) in [4.78, 5) is 18.2. The van der Waals surface area contributed by atoms with Crippen molar-refractivity contribution in [2.75, 3.05) is 11.5 Å². The molecule has 4 heteroatoms. The highest BCUT2D eigenvalue weighted by atomic mass is 32.2. The predicted octanol–water partition coefficient (Wildman–Crippen LogP) is 1.93. The minimum absolute atomic E-state index is 0.136. The monoisotopic (exact) mass is 210 g/mol. The fourth-order valence-electron chi connectivity index (χ4n) is 1.73. The molecule has 0 spiro atoms. The standard InChI is InChI=1S/C10H14N2OS/c1-7-8(5-13)12-9(11-7)10(2)3-4-14-6-10/h5H,3-4,6H2,1-2H3,(H,11,12). The number of carbonyl (C=O) groups excluding carboxylic acids is 1. The number of hydrogen-bond donors (Lipinski definition) is 1. The number of imidazole rings is 1. The van der Waals surface area contributed by atoms with E-state index in [4.69, 9.17) is 0 Å². The number of thioether (sulfide) groups is 1. The van der Waals surface area contributed by atoms with Gasteiger partial charge in [0.15, 0.2) is 6.29 Å². The SMILES string of the molecule is Cc1[nH]c(C2(C)CCSC2)nc1C=O. The number of aromatic amines is 1. The van der Waals surface area contributed by atoms with Gasteiger partial charge in [-0.05, 0) is 19.1 Å². The van der Waals surface area contributed by atoms with Crippen molar-refractivity contribution in [2.45, 2.75) is 25.7 Å². The van der Waals surface area contributed by atoms with Gasteiger partial charge in [0.2, 0.25) is 0 Å². The highest BCUT2D eigenvalue weighted by molar-refractivity contribution is 7.99. The molecule has 1 unspecified atom stereocenters. The third-order valence-corrected chi connectivity index (χ3v) is 4.16. The molecule has 1 atom stereocenters. The molecule has 0 aliphatic carbocycles. The number of aryl methyl sites for hydroxylation is 1. The summed E-state index contributed by atoms with van der Waals surface area (Å²) in [6.07, 6.45) is 1.96. The van der Waals surface area contributed by atoms with E-state index in [-0.39, 0.29) is 5.41 Å². The van der Waals surface area contributed by atoms with Gasteiger partial charge in [0.05, 0.1) is 0 Å². The highest BCUT2D eigenvalue weighted by Crippen LogP contribution is 2.37. The fourth-order valence-corrected chi connectivity index (χ4v) is 3.20. The van der Waals surface area contributed by atoms with Gasteiger partial charge in [-0.2, -0.15) is 11.8 Å². The zero-order valence-electron chi connectivity index (χ0n) is 8.46. The molecule has 3 nitrogen and oxygen atoms in total. The zero-order valence-corrected chi connectivity index (χ0v) is 9.28. The quantitative estimate of drug-likeness (QED) is 0.759. The van der Waals surface area contributed by atoms with Crippen molar-refractivity contribution >= 4 is 18.0 Å². The molecule has 0 radical (unpaired) electrons. The van der Waals surface area contributed by atoms with Gasteiger partial charge in [-0.25, -0.2) is 4.98 Å². The molecule has 1 N–H and O–H groups in total. The number of carbonyl (C=O) groups is 1. The smallest absolute Gasteiger partial charge is 0.170 e. The van der Waals surface area contributed by atoms with Crippen LogP contribution in [0.3, 0.4) is 0 Å². The zero-order chi connectivity index (χ0) is 10.2. The molecule has 0 amide bonds. The first-order valence-electron chi connectivity index (χ1n) is 4.76. The van der Waals surface area contributed by atoms with Crippen molar-refractivity contribution < 1.29 is 4.79 Å². The van der Waals surface area contributed by atoms with Crippen LogP contribution in [0.1, 0.15) is 35.4 Å². The molecule has 1 aromatic rings. The van der Waals surface area contributed by atoms with Crippen molar-refractivity contribution in [3.8, 4) is 0 Å². The van der Waals surface area contributed by atoms with Crippen LogP contribution < -0.4 is 0 Å². The van der Waals surface area contributed by atoms with Crippen molar-refractivity contribution in [1.82, 2.24) is 9.97 Å². The van der Waals surface area contributed by atoms with E-state index in [0.717, 1.165) is 30.0 Å². The maximum Gasteiger partial charge on any atom is 0.170 e. The minimum Gasteiger partial charge on any atom is -0.345 e. The molecule has 2 heterocycles. The number of H-pyrrole nitrogens is 1.